The molecule has 4 rings (SSSR count). The van der Waals surface area contributed by atoms with Gasteiger partial charge in [-0.3, -0.25) is 4.79 Å². The number of aromatic nitrogens is 2. The van der Waals surface area contributed by atoms with Crippen LogP contribution in [-0.4, -0.2) is 79.0 Å². The molecule has 0 radical (unpaired) electrons. The maximum atomic E-state index is 12.7. The molecule has 1 aromatic heterocycles. The summed E-state index contributed by atoms with van der Waals surface area (Å²) in [6, 6.07) is 0.816. The van der Waals surface area contributed by atoms with E-state index >= 15 is 0 Å². The SMILES string of the molecule is CCOC(=O)[C@@H]1CC[C@@H](Nc2ncc3c(n2)N(C)C(O)N(c2c(Cl)c(OC)cc(OC)c2Cl)C3)[C@@H](NC(=O)OC(C)(C)C)C1. The first-order chi connectivity index (χ1) is 20.8. The summed E-state index contributed by atoms with van der Waals surface area (Å²) in [7, 11) is 4.64. The molecule has 2 aliphatic rings. The van der Waals surface area contributed by atoms with Gasteiger partial charge in [0.2, 0.25) is 12.3 Å². The predicted molar refractivity (Wildman–Crippen MR) is 167 cm³/mol. The fourth-order valence-corrected chi connectivity index (χ4v) is 6.11. The maximum Gasteiger partial charge on any atom is 0.407 e. The topological polar surface area (TPSA) is 148 Å². The quantitative estimate of drug-likeness (QED) is 0.342. The number of hydrogen-bond donors (Lipinski definition) is 3. The van der Waals surface area contributed by atoms with Gasteiger partial charge >= 0.3 is 12.1 Å². The number of halogens is 2. The van der Waals surface area contributed by atoms with Crippen LogP contribution < -0.4 is 29.9 Å². The molecule has 4 atom stereocenters. The van der Waals surface area contributed by atoms with Crippen molar-refractivity contribution in [3.63, 3.8) is 0 Å². The zero-order chi connectivity index (χ0) is 32.3. The van der Waals surface area contributed by atoms with Crippen LogP contribution in [0.15, 0.2) is 12.3 Å². The van der Waals surface area contributed by atoms with Crippen molar-refractivity contribution < 1.29 is 33.6 Å². The maximum absolute atomic E-state index is 12.7. The molecule has 15 heteroatoms. The summed E-state index contributed by atoms with van der Waals surface area (Å²) >= 11 is 13.3. The summed E-state index contributed by atoms with van der Waals surface area (Å²) in [4.78, 5) is 37.6. The van der Waals surface area contributed by atoms with Crippen molar-refractivity contribution in [3.05, 3.63) is 27.9 Å². The van der Waals surface area contributed by atoms with E-state index in [-0.39, 0.29) is 41.1 Å². The molecule has 0 saturated heterocycles. The molecule has 0 bridgehead atoms. The molecule has 2 heterocycles. The van der Waals surface area contributed by atoms with E-state index in [1.54, 1.807) is 56.8 Å². The molecular formula is C29H40Cl2N6O7. The van der Waals surface area contributed by atoms with E-state index in [1.165, 1.54) is 14.2 Å². The lowest BCUT2D eigenvalue weighted by molar-refractivity contribution is -0.149. The molecule has 44 heavy (non-hydrogen) atoms. The molecule has 1 amide bonds. The minimum Gasteiger partial charge on any atom is -0.495 e. The highest BCUT2D eigenvalue weighted by Crippen LogP contribution is 2.48. The monoisotopic (exact) mass is 654 g/mol. The van der Waals surface area contributed by atoms with E-state index < -0.39 is 24.1 Å². The van der Waals surface area contributed by atoms with E-state index in [0.29, 0.717) is 53.8 Å². The number of nitrogens with zero attached hydrogens (tertiary/aromatic N) is 4. The third-order valence-electron chi connectivity index (χ3n) is 7.47. The Kier molecular flexibility index (Phi) is 10.4. The van der Waals surface area contributed by atoms with Crippen LogP contribution in [-0.2, 0) is 20.8 Å². The molecule has 1 aromatic carbocycles. The number of benzene rings is 1. The zero-order valence-electron chi connectivity index (χ0n) is 25.9. The summed E-state index contributed by atoms with van der Waals surface area (Å²) in [5.41, 5.74) is 0.353. The predicted octanol–water partition coefficient (Wildman–Crippen LogP) is 4.57. The fourth-order valence-electron chi connectivity index (χ4n) is 5.39. The van der Waals surface area contributed by atoms with Gasteiger partial charge in [0.25, 0.3) is 0 Å². The van der Waals surface area contributed by atoms with Crippen molar-refractivity contribution in [2.45, 2.75) is 77.5 Å². The number of aliphatic hydroxyl groups excluding tert-OH is 1. The number of fused-ring (bicyclic) bond motifs is 1. The van der Waals surface area contributed by atoms with Crippen LogP contribution in [0.25, 0.3) is 0 Å². The Morgan fingerprint density at radius 1 is 1.11 bits per heavy atom. The minimum absolute atomic E-state index is 0.185. The van der Waals surface area contributed by atoms with Crippen molar-refractivity contribution in [2.75, 3.05) is 43.0 Å². The number of methoxy groups -OCH3 is 2. The minimum atomic E-state index is -1.20. The van der Waals surface area contributed by atoms with Gasteiger partial charge in [0.05, 0.1) is 45.0 Å². The second-order valence-electron chi connectivity index (χ2n) is 11.7. The van der Waals surface area contributed by atoms with Gasteiger partial charge in [-0.15, -0.1) is 0 Å². The second kappa shape index (κ2) is 13.7. The molecule has 1 aliphatic carbocycles. The van der Waals surface area contributed by atoms with Crippen LogP contribution in [0.1, 0.15) is 52.5 Å². The van der Waals surface area contributed by atoms with Crippen LogP contribution in [0, 0.1) is 5.92 Å². The number of ether oxygens (including phenoxy) is 4. The Labute approximate surface area is 267 Å². The lowest BCUT2D eigenvalue weighted by atomic mass is 9.82. The Bertz CT molecular complexity index is 1350. The van der Waals surface area contributed by atoms with E-state index in [1.807, 2.05) is 0 Å². The number of amides is 1. The number of hydrogen-bond acceptors (Lipinski definition) is 12. The van der Waals surface area contributed by atoms with Gasteiger partial charge in [-0.25, -0.2) is 9.78 Å². The Morgan fingerprint density at radius 3 is 2.36 bits per heavy atom. The first kappa shape index (κ1) is 33.5. The highest BCUT2D eigenvalue weighted by Gasteiger charge is 2.38. The third kappa shape index (κ3) is 7.27. The van der Waals surface area contributed by atoms with Crippen molar-refractivity contribution in [3.8, 4) is 11.5 Å². The summed E-state index contributed by atoms with van der Waals surface area (Å²) in [5.74, 6) is 0.814. The average Bonchev–Trinajstić information content (AvgIpc) is 2.96. The van der Waals surface area contributed by atoms with E-state index in [4.69, 9.17) is 47.1 Å². The Balaban J connectivity index is 1.58. The fraction of sp³-hybridized carbons (Fsp3) is 0.586. The lowest BCUT2D eigenvalue weighted by Crippen LogP contribution is -2.53. The van der Waals surface area contributed by atoms with Crippen LogP contribution >= 0.6 is 23.2 Å². The lowest BCUT2D eigenvalue weighted by Gasteiger charge is -2.42. The molecule has 2 aromatic rings. The van der Waals surface area contributed by atoms with Crippen molar-refractivity contribution >= 4 is 52.7 Å². The third-order valence-corrected chi connectivity index (χ3v) is 8.20. The Hall–Kier alpha value is -3.42. The smallest absolute Gasteiger partial charge is 0.407 e. The molecule has 1 fully saturated rings. The van der Waals surface area contributed by atoms with Gasteiger partial charge in [0.15, 0.2) is 0 Å². The highest BCUT2D eigenvalue weighted by molar-refractivity contribution is 6.41. The zero-order valence-corrected chi connectivity index (χ0v) is 27.5. The van der Waals surface area contributed by atoms with Crippen LogP contribution in [0.4, 0.5) is 22.2 Å². The van der Waals surface area contributed by atoms with E-state index in [0.717, 1.165) is 0 Å². The van der Waals surface area contributed by atoms with Gasteiger partial charge < -0.3 is 44.5 Å². The first-order valence-electron chi connectivity index (χ1n) is 14.3. The van der Waals surface area contributed by atoms with Gasteiger partial charge in [0.1, 0.15) is 33.0 Å². The van der Waals surface area contributed by atoms with Gasteiger partial charge in [-0.05, 0) is 47.0 Å². The number of rotatable bonds is 8. The van der Waals surface area contributed by atoms with Gasteiger partial charge in [-0.1, -0.05) is 23.2 Å². The molecule has 1 unspecified atom stereocenters. The number of esters is 1. The molecule has 1 aliphatic heterocycles. The number of carbonyl (C=O) groups is 2. The van der Waals surface area contributed by atoms with Crippen molar-refractivity contribution in [2.24, 2.45) is 5.92 Å². The van der Waals surface area contributed by atoms with Crippen LogP contribution in [0.3, 0.4) is 0 Å². The number of carbonyl (C=O) groups excluding carboxylic acids is 2. The van der Waals surface area contributed by atoms with Gasteiger partial charge in [-0.2, -0.15) is 4.98 Å². The summed E-state index contributed by atoms with van der Waals surface area (Å²) < 4.78 is 21.5. The normalized spacial score (nSPS) is 21.7. The molecule has 13 nitrogen and oxygen atoms in total. The Morgan fingerprint density at radius 2 is 1.77 bits per heavy atom. The van der Waals surface area contributed by atoms with Crippen LogP contribution in [0.2, 0.25) is 10.0 Å². The number of nitrogens with one attached hydrogen (secondary N) is 2. The first-order valence-corrected chi connectivity index (χ1v) is 15.1. The largest absolute Gasteiger partial charge is 0.495 e. The van der Waals surface area contributed by atoms with E-state index in [9.17, 15) is 14.7 Å². The van der Waals surface area contributed by atoms with Crippen molar-refractivity contribution in [1.82, 2.24) is 15.3 Å². The van der Waals surface area contributed by atoms with Crippen molar-refractivity contribution in [1.29, 1.82) is 0 Å². The molecule has 3 N–H and O–H groups in total. The second-order valence-corrected chi connectivity index (χ2v) is 12.4. The highest BCUT2D eigenvalue weighted by atomic mass is 35.5. The average molecular weight is 656 g/mol. The summed E-state index contributed by atoms with van der Waals surface area (Å²) in [6.07, 6.45) is 1.34. The molecular weight excluding hydrogens is 615 g/mol. The molecule has 1 saturated carbocycles. The van der Waals surface area contributed by atoms with Crippen LogP contribution in [0.5, 0.6) is 11.5 Å². The van der Waals surface area contributed by atoms with Gasteiger partial charge in [0, 0.05) is 30.9 Å². The molecule has 0 spiro atoms. The summed E-state index contributed by atoms with van der Waals surface area (Å²) in [6.45, 7) is 7.58. The number of aliphatic hydroxyl groups is 1. The number of anilines is 3. The van der Waals surface area contributed by atoms with E-state index in [2.05, 4.69) is 15.6 Å². The molecule has 242 valence electrons. The number of alkyl carbamates (subject to hydrolysis) is 1. The standard InChI is InChI=1S/C29H40Cl2N6O7/c1-8-43-25(38)15-9-10-17(18(11-15)34-27(39)44-29(2,3)4)33-26-32-13-16-14-37(28(40)36(5)24(16)35-26)23-21(30)19(41-6)12-20(42-7)22(23)31/h12-13,15,17-18,28,40H,8-11,14H2,1-7H3,(H,34,39)(H,32,33,35)/t15-,17-,18+,28?/m1/s1. The summed E-state index contributed by atoms with van der Waals surface area (Å²) in [5, 5.41) is 18.0.